The molecule has 0 fully saturated rings. The van der Waals surface area contributed by atoms with Crippen molar-refractivity contribution >= 4 is 71.2 Å². The van der Waals surface area contributed by atoms with E-state index in [2.05, 4.69) is 142 Å². The lowest BCUT2D eigenvalue weighted by molar-refractivity contribution is 1.18. The predicted molar refractivity (Wildman–Crippen MR) is 199 cm³/mol. The zero-order valence-corrected chi connectivity index (χ0v) is 25.8. The van der Waals surface area contributed by atoms with Crippen LogP contribution in [0.3, 0.4) is 0 Å². The molecular formula is C44H26N4. The quantitative estimate of drug-likeness (QED) is 0.199. The van der Waals surface area contributed by atoms with Gasteiger partial charge in [0.05, 0.1) is 33.1 Å². The average molecular weight is 611 g/mol. The number of para-hydroxylation sites is 5. The van der Waals surface area contributed by atoms with Gasteiger partial charge in [0, 0.05) is 32.6 Å². The van der Waals surface area contributed by atoms with Crippen molar-refractivity contribution in [1.29, 1.82) is 0 Å². The number of hydrogen-bond donors (Lipinski definition) is 0. The standard InChI is InChI=1S/C44H26N4/c1-2-10-31(11-3-1)47-39-16-8-4-12-32(39)34-24-29(22-23-41(34)47)27-18-20-28(21-19-27)30-25-35-33-13-5-9-17-40(33)48-43(35)36(26-30)42-44(48)46-38-15-7-6-14-37(38)45-42/h1-26H. The SMILES string of the molecule is c1ccc(-n2c3ccccc3c3cc(-c4ccc(-c5cc6c7ccccc7n7c8nc9ccccc9nc8c(c5)c67)cc4)ccc32)cc1. The molecule has 0 saturated heterocycles. The number of aromatic nitrogens is 4. The van der Waals surface area contributed by atoms with E-state index in [4.69, 9.17) is 9.97 Å². The van der Waals surface area contributed by atoms with Crippen molar-refractivity contribution in [1.82, 2.24) is 18.9 Å². The molecule has 0 saturated carbocycles. The summed E-state index contributed by atoms with van der Waals surface area (Å²) < 4.78 is 4.66. The van der Waals surface area contributed by atoms with Crippen LogP contribution in [0.5, 0.6) is 0 Å². The molecule has 0 N–H and O–H groups in total. The number of benzene rings is 7. The average Bonchev–Trinajstić information content (AvgIpc) is 3.78. The summed E-state index contributed by atoms with van der Waals surface area (Å²) >= 11 is 0. The molecule has 48 heavy (non-hydrogen) atoms. The van der Waals surface area contributed by atoms with E-state index in [0.29, 0.717) is 0 Å². The van der Waals surface area contributed by atoms with E-state index < -0.39 is 0 Å². The van der Waals surface area contributed by atoms with Crippen LogP contribution in [0.2, 0.25) is 0 Å². The normalized spacial score (nSPS) is 12.2. The molecule has 0 bridgehead atoms. The highest BCUT2D eigenvalue weighted by Crippen LogP contribution is 2.41. The second kappa shape index (κ2) is 9.50. The van der Waals surface area contributed by atoms with Gasteiger partial charge in [-0.2, -0.15) is 0 Å². The Morgan fingerprint density at radius 2 is 0.938 bits per heavy atom. The van der Waals surface area contributed by atoms with Crippen LogP contribution in [0.1, 0.15) is 0 Å². The lowest BCUT2D eigenvalue weighted by atomic mass is 9.97. The van der Waals surface area contributed by atoms with Gasteiger partial charge in [-0.1, -0.05) is 97.1 Å². The molecule has 4 nitrogen and oxygen atoms in total. The third kappa shape index (κ3) is 3.49. The fourth-order valence-electron chi connectivity index (χ4n) is 7.85. The van der Waals surface area contributed by atoms with Crippen LogP contribution in [-0.4, -0.2) is 18.9 Å². The number of fused-ring (bicyclic) bond motifs is 10. The molecule has 0 radical (unpaired) electrons. The molecule has 0 aliphatic heterocycles. The third-order valence-electron chi connectivity index (χ3n) is 10.0. The molecule has 4 heteroatoms. The summed E-state index contributed by atoms with van der Waals surface area (Å²) in [6.07, 6.45) is 0. The smallest absolute Gasteiger partial charge is 0.165 e. The van der Waals surface area contributed by atoms with Crippen LogP contribution >= 0.6 is 0 Å². The van der Waals surface area contributed by atoms with Crippen molar-refractivity contribution in [3.05, 3.63) is 158 Å². The fourth-order valence-corrected chi connectivity index (χ4v) is 7.85. The van der Waals surface area contributed by atoms with Gasteiger partial charge in [-0.3, -0.25) is 4.40 Å². The summed E-state index contributed by atoms with van der Waals surface area (Å²) in [6, 6.07) is 56.6. The highest BCUT2D eigenvalue weighted by molar-refractivity contribution is 6.23. The van der Waals surface area contributed by atoms with Gasteiger partial charge in [-0.25, -0.2) is 9.97 Å². The summed E-state index contributed by atoms with van der Waals surface area (Å²) in [5.41, 5.74) is 14.4. The topological polar surface area (TPSA) is 35.1 Å². The Balaban J connectivity index is 1.07. The van der Waals surface area contributed by atoms with E-state index in [1.54, 1.807) is 0 Å². The van der Waals surface area contributed by atoms with Gasteiger partial charge in [0.2, 0.25) is 0 Å². The maximum Gasteiger partial charge on any atom is 0.165 e. The molecular weight excluding hydrogens is 585 g/mol. The zero-order chi connectivity index (χ0) is 31.3. The van der Waals surface area contributed by atoms with E-state index >= 15 is 0 Å². The molecule has 4 heterocycles. The number of nitrogens with zero attached hydrogens (tertiary/aromatic N) is 4. The van der Waals surface area contributed by atoms with Crippen molar-refractivity contribution < 1.29 is 0 Å². The Morgan fingerprint density at radius 3 is 1.73 bits per heavy atom. The van der Waals surface area contributed by atoms with Crippen molar-refractivity contribution in [2.24, 2.45) is 0 Å². The summed E-state index contributed by atoms with van der Waals surface area (Å²) in [6.45, 7) is 0. The van der Waals surface area contributed by atoms with E-state index in [0.717, 1.165) is 33.1 Å². The molecule has 0 aliphatic carbocycles. The Labute approximate surface area is 275 Å². The van der Waals surface area contributed by atoms with Gasteiger partial charge in [-0.15, -0.1) is 0 Å². The van der Waals surface area contributed by atoms with Gasteiger partial charge in [0.15, 0.2) is 5.65 Å². The first-order chi connectivity index (χ1) is 23.8. The molecule has 4 aromatic heterocycles. The molecule has 222 valence electrons. The molecule has 11 rings (SSSR count). The Kier molecular flexibility index (Phi) is 5.08. The second-order valence-corrected chi connectivity index (χ2v) is 12.7. The lowest BCUT2D eigenvalue weighted by Gasteiger charge is -2.09. The van der Waals surface area contributed by atoms with Gasteiger partial charge < -0.3 is 4.57 Å². The summed E-state index contributed by atoms with van der Waals surface area (Å²) in [5.74, 6) is 0. The van der Waals surface area contributed by atoms with Crippen LogP contribution in [0.25, 0.3) is 99.1 Å². The molecule has 0 atom stereocenters. The predicted octanol–water partition coefficient (Wildman–Crippen LogP) is 11.2. The second-order valence-electron chi connectivity index (χ2n) is 12.7. The minimum atomic E-state index is 0.909. The fraction of sp³-hybridized carbons (Fsp3) is 0. The summed E-state index contributed by atoms with van der Waals surface area (Å²) in [4.78, 5) is 10.3. The molecule has 7 aromatic carbocycles. The van der Waals surface area contributed by atoms with Crippen molar-refractivity contribution in [3.8, 4) is 27.9 Å². The minimum Gasteiger partial charge on any atom is -0.309 e. The Hall–Kier alpha value is -6.52. The van der Waals surface area contributed by atoms with Crippen LogP contribution in [-0.2, 0) is 0 Å². The van der Waals surface area contributed by atoms with E-state index in [1.165, 1.54) is 66.0 Å². The molecule has 0 unspecified atom stereocenters. The maximum atomic E-state index is 5.15. The van der Waals surface area contributed by atoms with Crippen LogP contribution < -0.4 is 0 Å². The largest absolute Gasteiger partial charge is 0.309 e. The summed E-state index contributed by atoms with van der Waals surface area (Å²) in [7, 11) is 0. The highest BCUT2D eigenvalue weighted by Gasteiger charge is 2.21. The van der Waals surface area contributed by atoms with Gasteiger partial charge in [0.1, 0.15) is 5.52 Å². The molecule has 0 spiro atoms. The highest BCUT2D eigenvalue weighted by atomic mass is 15.0. The van der Waals surface area contributed by atoms with E-state index in [1.807, 2.05) is 24.3 Å². The van der Waals surface area contributed by atoms with E-state index in [-0.39, 0.29) is 0 Å². The van der Waals surface area contributed by atoms with Crippen molar-refractivity contribution in [2.75, 3.05) is 0 Å². The van der Waals surface area contributed by atoms with Crippen LogP contribution in [0.4, 0.5) is 0 Å². The Bertz CT molecular complexity index is 3040. The van der Waals surface area contributed by atoms with Crippen LogP contribution in [0.15, 0.2) is 158 Å². The van der Waals surface area contributed by atoms with Crippen molar-refractivity contribution in [3.63, 3.8) is 0 Å². The Morgan fingerprint density at radius 1 is 0.375 bits per heavy atom. The molecule has 0 amide bonds. The molecule has 11 aromatic rings. The first kappa shape index (κ1) is 25.6. The third-order valence-corrected chi connectivity index (χ3v) is 10.0. The van der Waals surface area contributed by atoms with Gasteiger partial charge in [-0.05, 0) is 82.9 Å². The zero-order valence-electron chi connectivity index (χ0n) is 25.8. The first-order valence-corrected chi connectivity index (χ1v) is 16.3. The number of hydrogen-bond acceptors (Lipinski definition) is 2. The maximum absolute atomic E-state index is 5.15. The van der Waals surface area contributed by atoms with Gasteiger partial charge >= 0.3 is 0 Å². The lowest BCUT2D eigenvalue weighted by Crippen LogP contribution is -1.92. The minimum absolute atomic E-state index is 0.909. The van der Waals surface area contributed by atoms with E-state index in [9.17, 15) is 0 Å². The first-order valence-electron chi connectivity index (χ1n) is 16.3. The molecule has 0 aliphatic rings. The van der Waals surface area contributed by atoms with Crippen LogP contribution in [0, 0.1) is 0 Å². The monoisotopic (exact) mass is 610 g/mol. The van der Waals surface area contributed by atoms with Crippen molar-refractivity contribution in [2.45, 2.75) is 0 Å². The van der Waals surface area contributed by atoms with Gasteiger partial charge in [0.25, 0.3) is 0 Å². The number of rotatable bonds is 3. The summed E-state index contributed by atoms with van der Waals surface area (Å²) in [5, 5.41) is 6.11.